The van der Waals surface area contributed by atoms with Crippen molar-refractivity contribution in [1.29, 1.82) is 0 Å². The Balaban J connectivity index is 1.51. The summed E-state index contributed by atoms with van der Waals surface area (Å²) in [5.41, 5.74) is 1.94. The summed E-state index contributed by atoms with van der Waals surface area (Å²) in [6.45, 7) is 2.38. The number of amides is 2. The first-order chi connectivity index (χ1) is 13.1. The number of nitrogens with one attached hydrogen (secondary N) is 1. The minimum absolute atomic E-state index is 0.00105. The zero-order valence-corrected chi connectivity index (χ0v) is 15.3. The molecule has 1 aliphatic rings. The Kier molecular flexibility index (Phi) is 4.63. The number of carbonyl (C=O) groups is 2. The number of hydrogen-bond acceptors (Lipinski definition) is 2. The van der Waals surface area contributed by atoms with Gasteiger partial charge in [-0.3, -0.25) is 9.59 Å². The first-order valence-electron chi connectivity index (χ1n) is 9.27. The standard InChI is InChI=1S/C23H22N2O2/c1-16(17-8-3-2-4-9-17)24-23(27)19-14-22(26)25(15-19)21-13-7-11-18-10-5-6-12-20(18)21/h2-13,16,19H,14-15H2,1H3,(H,24,27)/t16-,19-/m0/s1. The Bertz CT molecular complexity index is 979. The highest BCUT2D eigenvalue weighted by molar-refractivity contribution is 6.07. The van der Waals surface area contributed by atoms with Crippen LogP contribution < -0.4 is 10.2 Å². The van der Waals surface area contributed by atoms with Crippen molar-refractivity contribution in [3.8, 4) is 0 Å². The molecule has 4 rings (SSSR count). The highest BCUT2D eigenvalue weighted by atomic mass is 16.2. The molecule has 3 aromatic carbocycles. The molecule has 0 spiro atoms. The van der Waals surface area contributed by atoms with Crippen molar-refractivity contribution in [2.24, 2.45) is 5.92 Å². The topological polar surface area (TPSA) is 49.4 Å². The number of benzene rings is 3. The number of carbonyl (C=O) groups excluding carboxylic acids is 2. The molecule has 3 aromatic rings. The van der Waals surface area contributed by atoms with Crippen molar-refractivity contribution >= 4 is 28.3 Å². The molecule has 0 saturated carbocycles. The largest absolute Gasteiger partial charge is 0.349 e. The van der Waals surface area contributed by atoms with Crippen LogP contribution in [-0.4, -0.2) is 18.4 Å². The average molecular weight is 358 g/mol. The first kappa shape index (κ1) is 17.3. The van der Waals surface area contributed by atoms with Gasteiger partial charge in [-0.2, -0.15) is 0 Å². The summed E-state index contributed by atoms with van der Waals surface area (Å²) in [7, 11) is 0. The molecule has 1 N–H and O–H groups in total. The van der Waals surface area contributed by atoms with Crippen LogP contribution in [0.1, 0.15) is 24.9 Å². The van der Waals surface area contributed by atoms with Gasteiger partial charge < -0.3 is 10.2 Å². The van der Waals surface area contributed by atoms with Gasteiger partial charge >= 0.3 is 0 Å². The van der Waals surface area contributed by atoms with E-state index in [9.17, 15) is 9.59 Å². The van der Waals surface area contributed by atoms with Crippen LogP contribution in [0.4, 0.5) is 5.69 Å². The van der Waals surface area contributed by atoms with Crippen molar-refractivity contribution in [1.82, 2.24) is 5.32 Å². The Morgan fingerprint density at radius 1 is 1.00 bits per heavy atom. The predicted molar refractivity (Wildman–Crippen MR) is 107 cm³/mol. The molecule has 4 heteroatoms. The molecule has 0 unspecified atom stereocenters. The molecule has 4 nitrogen and oxygen atoms in total. The molecule has 27 heavy (non-hydrogen) atoms. The molecule has 0 aromatic heterocycles. The zero-order valence-electron chi connectivity index (χ0n) is 15.3. The lowest BCUT2D eigenvalue weighted by Crippen LogP contribution is -2.34. The number of nitrogens with zero attached hydrogens (tertiary/aromatic N) is 1. The lowest BCUT2D eigenvalue weighted by Gasteiger charge is -2.20. The summed E-state index contributed by atoms with van der Waals surface area (Å²) in [6, 6.07) is 23.7. The van der Waals surface area contributed by atoms with E-state index in [0.29, 0.717) is 6.54 Å². The van der Waals surface area contributed by atoms with Crippen molar-refractivity contribution < 1.29 is 9.59 Å². The van der Waals surface area contributed by atoms with Gasteiger partial charge in [-0.1, -0.05) is 66.7 Å². The van der Waals surface area contributed by atoms with Crippen LogP contribution in [0, 0.1) is 5.92 Å². The highest BCUT2D eigenvalue weighted by Gasteiger charge is 2.36. The van der Waals surface area contributed by atoms with Gasteiger partial charge in [0.1, 0.15) is 0 Å². The van der Waals surface area contributed by atoms with Crippen molar-refractivity contribution in [3.63, 3.8) is 0 Å². The van der Waals surface area contributed by atoms with Crippen LogP contribution in [0.25, 0.3) is 10.8 Å². The van der Waals surface area contributed by atoms with Crippen LogP contribution in [-0.2, 0) is 9.59 Å². The lowest BCUT2D eigenvalue weighted by molar-refractivity contribution is -0.126. The molecule has 2 amide bonds. The Labute approximate surface area is 158 Å². The maximum absolute atomic E-state index is 12.7. The summed E-state index contributed by atoms with van der Waals surface area (Å²) in [5.74, 6) is -0.399. The van der Waals surface area contributed by atoms with Crippen molar-refractivity contribution in [2.45, 2.75) is 19.4 Å². The maximum atomic E-state index is 12.7. The number of anilines is 1. The Morgan fingerprint density at radius 2 is 1.70 bits per heavy atom. The van der Waals surface area contributed by atoms with Gasteiger partial charge in [-0.15, -0.1) is 0 Å². The van der Waals surface area contributed by atoms with E-state index < -0.39 is 0 Å². The zero-order chi connectivity index (χ0) is 18.8. The van der Waals surface area contributed by atoms with Crippen LogP contribution in [0.3, 0.4) is 0 Å². The summed E-state index contributed by atoms with van der Waals surface area (Å²) < 4.78 is 0. The SMILES string of the molecule is C[C@H](NC(=O)[C@H]1CC(=O)N(c2cccc3ccccc23)C1)c1ccccc1. The summed E-state index contributed by atoms with van der Waals surface area (Å²) in [4.78, 5) is 27.1. The molecule has 136 valence electrons. The fourth-order valence-corrected chi connectivity index (χ4v) is 3.72. The van der Waals surface area contributed by atoms with Gasteiger partial charge in [0, 0.05) is 18.4 Å². The summed E-state index contributed by atoms with van der Waals surface area (Å²) in [5, 5.41) is 5.18. The van der Waals surface area contributed by atoms with Gasteiger partial charge in [0.25, 0.3) is 0 Å². The third kappa shape index (κ3) is 3.43. The van der Waals surface area contributed by atoms with E-state index in [0.717, 1.165) is 22.0 Å². The average Bonchev–Trinajstić information content (AvgIpc) is 3.10. The van der Waals surface area contributed by atoms with E-state index in [4.69, 9.17) is 0 Å². The quantitative estimate of drug-likeness (QED) is 0.764. The number of hydrogen-bond donors (Lipinski definition) is 1. The van der Waals surface area contributed by atoms with E-state index in [1.165, 1.54) is 0 Å². The Hall–Kier alpha value is -3.14. The molecule has 1 fully saturated rings. The summed E-state index contributed by atoms with van der Waals surface area (Å²) in [6.07, 6.45) is 0.247. The first-order valence-corrected chi connectivity index (χ1v) is 9.27. The third-order valence-corrected chi connectivity index (χ3v) is 5.21. The molecule has 0 aliphatic carbocycles. The van der Waals surface area contributed by atoms with Gasteiger partial charge in [0.05, 0.1) is 17.6 Å². The number of fused-ring (bicyclic) bond motifs is 1. The molecule has 0 radical (unpaired) electrons. The Morgan fingerprint density at radius 3 is 2.52 bits per heavy atom. The molecular formula is C23H22N2O2. The fourth-order valence-electron chi connectivity index (χ4n) is 3.72. The fraction of sp³-hybridized carbons (Fsp3) is 0.217. The van der Waals surface area contributed by atoms with E-state index in [1.54, 1.807) is 4.90 Å². The van der Waals surface area contributed by atoms with Crippen molar-refractivity contribution in [3.05, 3.63) is 78.4 Å². The van der Waals surface area contributed by atoms with Gasteiger partial charge in [-0.25, -0.2) is 0 Å². The predicted octanol–water partition coefficient (Wildman–Crippen LogP) is 4.07. The van der Waals surface area contributed by atoms with E-state index in [2.05, 4.69) is 5.32 Å². The van der Waals surface area contributed by atoms with Crippen LogP contribution in [0.15, 0.2) is 72.8 Å². The molecule has 2 atom stereocenters. The molecule has 1 heterocycles. The minimum atomic E-state index is -0.331. The highest BCUT2D eigenvalue weighted by Crippen LogP contribution is 2.32. The molecular weight excluding hydrogens is 336 g/mol. The van der Waals surface area contributed by atoms with Gasteiger partial charge in [-0.05, 0) is 23.9 Å². The second-order valence-electron chi connectivity index (χ2n) is 7.04. The molecule has 1 saturated heterocycles. The van der Waals surface area contributed by atoms with Crippen LogP contribution >= 0.6 is 0 Å². The van der Waals surface area contributed by atoms with Crippen LogP contribution in [0.2, 0.25) is 0 Å². The van der Waals surface area contributed by atoms with Gasteiger partial charge in [0.2, 0.25) is 11.8 Å². The van der Waals surface area contributed by atoms with Crippen LogP contribution in [0.5, 0.6) is 0 Å². The minimum Gasteiger partial charge on any atom is -0.349 e. The molecule has 0 bridgehead atoms. The van der Waals surface area contributed by atoms with E-state index in [-0.39, 0.29) is 30.2 Å². The van der Waals surface area contributed by atoms with E-state index in [1.807, 2.05) is 79.7 Å². The molecule has 1 aliphatic heterocycles. The van der Waals surface area contributed by atoms with Crippen molar-refractivity contribution in [2.75, 3.05) is 11.4 Å². The normalized spacial score (nSPS) is 17.9. The smallest absolute Gasteiger partial charge is 0.227 e. The second kappa shape index (κ2) is 7.23. The monoisotopic (exact) mass is 358 g/mol. The summed E-state index contributed by atoms with van der Waals surface area (Å²) >= 11 is 0. The third-order valence-electron chi connectivity index (χ3n) is 5.21. The van der Waals surface area contributed by atoms with Gasteiger partial charge in [0.15, 0.2) is 0 Å². The maximum Gasteiger partial charge on any atom is 0.227 e. The second-order valence-corrected chi connectivity index (χ2v) is 7.04. The number of rotatable bonds is 4. The lowest BCUT2D eigenvalue weighted by atomic mass is 10.0. The van der Waals surface area contributed by atoms with E-state index >= 15 is 0 Å².